The molecular weight excluding hydrogens is 346 g/mol. The molecule has 0 saturated carbocycles. The molecule has 25 heavy (non-hydrogen) atoms. The van der Waals surface area contributed by atoms with Crippen molar-refractivity contribution in [2.45, 2.75) is 19.9 Å². The smallest absolute Gasteiger partial charge is 0.346 e. The van der Waals surface area contributed by atoms with Crippen LogP contribution in [0.3, 0.4) is 0 Å². The number of nitrogens with zero attached hydrogens (tertiary/aromatic N) is 3. The Morgan fingerprint density at radius 3 is 2.52 bits per heavy atom. The van der Waals surface area contributed by atoms with E-state index in [-0.39, 0.29) is 23.2 Å². The first-order chi connectivity index (χ1) is 11.9. The molecule has 3 aromatic rings. The van der Waals surface area contributed by atoms with Gasteiger partial charge in [0.1, 0.15) is 15.5 Å². The molecule has 0 amide bonds. The molecule has 0 unspecified atom stereocenters. The van der Waals surface area contributed by atoms with Gasteiger partial charge in [0.05, 0.1) is 11.8 Å². The molecule has 3 rings (SSSR count). The average molecular weight is 359 g/mol. The van der Waals surface area contributed by atoms with E-state index in [9.17, 15) is 19.5 Å². The Kier molecular flexibility index (Phi) is 4.32. The number of aryl methyl sites for hydroxylation is 1. The van der Waals surface area contributed by atoms with Crippen molar-refractivity contribution in [3.8, 4) is 11.4 Å². The summed E-state index contributed by atoms with van der Waals surface area (Å²) in [5.41, 5.74) is 0.497. The zero-order valence-corrected chi connectivity index (χ0v) is 13.9. The maximum absolute atomic E-state index is 12.9. The first kappa shape index (κ1) is 16.8. The predicted molar refractivity (Wildman–Crippen MR) is 91.1 cm³/mol. The second-order valence-corrected chi connectivity index (χ2v) is 6.31. The summed E-state index contributed by atoms with van der Waals surface area (Å²) >= 11 is 0.932. The molecule has 0 fully saturated rings. The number of aromatic carboxylic acids is 1. The molecule has 0 radical (unpaired) electrons. The van der Waals surface area contributed by atoms with Gasteiger partial charge < -0.3 is 10.2 Å². The van der Waals surface area contributed by atoms with Crippen LogP contribution in [-0.2, 0) is 11.3 Å². The van der Waals surface area contributed by atoms with Gasteiger partial charge in [-0.2, -0.15) is 0 Å². The normalized spacial score (nSPS) is 10.9. The van der Waals surface area contributed by atoms with Gasteiger partial charge in [-0.15, -0.1) is 11.3 Å². The molecule has 2 N–H and O–H groups in total. The first-order valence-electron chi connectivity index (χ1n) is 7.29. The van der Waals surface area contributed by atoms with Crippen LogP contribution in [0.1, 0.15) is 21.7 Å². The van der Waals surface area contributed by atoms with E-state index >= 15 is 0 Å². The molecule has 0 aromatic carbocycles. The van der Waals surface area contributed by atoms with E-state index in [0.717, 1.165) is 11.3 Å². The van der Waals surface area contributed by atoms with Crippen molar-refractivity contribution in [1.29, 1.82) is 0 Å². The third kappa shape index (κ3) is 3.01. The Morgan fingerprint density at radius 2 is 1.92 bits per heavy atom. The van der Waals surface area contributed by atoms with Crippen LogP contribution in [0.5, 0.6) is 0 Å². The molecule has 0 bridgehead atoms. The molecule has 9 heteroatoms. The molecule has 3 heterocycles. The van der Waals surface area contributed by atoms with Crippen molar-refractivity contribution >= 4 is 33.5 Å². The number of hydrogen-bond donors (Lipinski definition) is 2. The predicted octanol–water partition coefficient (Wildman–Crippen LogP) is 2.00. The van der Waals surface area contributed by atoms with Crippen LogP contribution < -0.4 is 5.56 Å². The van der Waals surface area contributed by atoms with Crippen molar-refractivity contribution in [3.63, 3.8) is 0 Å². The second-order valence-electron chi connectivity index (χ2n) is 5.31. The standard InChI is InChI=1S/C16H13N3O5S/c1-8-11-14(25-12(8)16(23)24)18-13(9-2-5-17-6-3-9)19(15(11)22)7-4-10(20)21/h2-3,5-6H,4,7H2,1H3,(H,20,21)(H,23,24). The summed E-state index contributed by atoms with van der Waals surface area (Å²) in [6, 6.07) is 3.31. The lowest BCUT2D eigenvalue weighted by molar-refractivity contribution is -0.137. The lowest BCUT2D eigenvalue weighted by Crippen LogP contribution is -2.24. The fraction of sp³-hybridized carbons (Fsp3) is 0.188. The Hall–Kier alpha value is -3.07. The number of rotatable bonds is 5. The van der Waals surface area contributed by atoms with Crippen LogP contribution in [-0.4, -0.2) is 36.7 Å². The quantitative estimate of drug-likeness (QED) is 0.714. The van der Waals surface area contributed by atoms with Crippen molar-refractivity contribution in [2.24, 2.45) is 0 Å². The maximum atomic E-state index is 12.9. The number of hydrogen-bond acceptors (Lipinski definition) is 6. The molecule has 0 aliphatic rings. The summed E-state index contributed by atoms with van der Waals surface area (Å²) in [7, 11) is 0. The van der Waals surface area contributed by atoms with Gasteiger partial charge in [0.25, 0.3) is 5.56 Å². The highest BCUT2D eigenvalue weighted by Crippen LogP contribution is 2.29. The number of aromatic nitrogens is 3. The van der Waals surface area contributed by atoms with E-state index in [1.807, 2.05) is 0 Å². The van der Waals surface area contributed by atoms with E-state index in [0.29, 0.717) is 21.8 Å². The highest BCUT2D eigenvalue weighted by molar-refractivity contribution is 7.20. The van der Waals surface area contributed by atoms with E-state index in [4.69, 9.17) is 5.11 Å². The highest BCUT2D eigenvalue weighted by atomic mass is 32.1. The summed E-state index contributed by atoms with van der Waals surface area (Å²) in [5, 5.41) is 18.4. The number of carboxylic acid groups (broad SMARTS) is 2. The molecule has 3 aromatic heterocycles. The van der Waals surface area contributed by atoms with Crippen LogP contribution >= 0.6 is 11.3 Å². The Morgan fingerprint density at radius 1 is 1.24 bits per heavy atom. The summed E-state index contributed by atoms with van der Waals surface area (Å²) in [4.78, 5) is 43.9. The summed E-state index contributed by atoms with van der Waals surface area (Å²) in [6.45, 7) is 1.49. The monoisotopic (exact) mass is 359 g/mol. The van der Waals surface area contributed by atoms with Gasteiger partial charge in [0, 0.05) is 24.5 Å². The number of carboxylic acids is 2. The second kappa shape index (κ2) is 6.44. The molecule has 128 valence electrons. The van der Waals surface area contributed by atoms with Gasteiger partial charge in [0.15, 0.2) is 0 Å². The van der Waals surface area contributed by atoms with Gasteiger partial charge in [-0.3, -0.25) is 19.1 Å². The zero-order valence-electron chi connectivity index (χ0n) is 13.1. The maximum Gasteiger partial charge on any atom is 0.346 e. The number of carbonyl (C=O) groups is 2. The molecular formula is C16H13N3O5S. The Balaban J connectivity index is 2.33. The molecule has 0 aliphatic carbocycles. The Bertz CT molecular complexity index is 1040. The third-order valence-corrected chi connectivity index (χ3v) is 4.91. The van der Waals surface area contributed by atoms with E-state index in [1.165, 1.54) is 17.0 Å². The first-order valence-corrected chi connectivity index (χ1v) is 8.11. The number of pyridine rings is 1. The molecule has 0 aliphatic heterocycles. The lowest BCUT2D eigenvalue weighted by atomic mass is 10.2. The third-order valence-electron chi connectivity index (χ3n) is 3.73. The minimum atomic E-state index is -1.12. The molecule has 0 spiro atoms. The van der Waals surface area contributed by atoms with Crippen molar-refractivity contribution in [2.75, 3.05) is 0 Å². The fourth-order valence-corrected chi connectivity index (χ4v) is 3.57. The SMILES string of the molecule is Cc1c(C(=O)O)sc2nc(-c3ccncc3)n(CCC(=O)O)c(=O)c12. The number of fused-ring (bicyclic) bond motifs is 1. The fourth-order valence-electron chi connectivity index (χ4n) is 2.56. The molecule has 0 saturated heterocycles. The average Bonchev–Trinajstić information content (AvgIpc) is 2.91. The van der Waals surface area contributed by atoms with Gasteiger partial charge in [-0.25, -0.2) is 9.78 Å². The van der Waals surface area contributed by atoms with Crippen LogP contribution in [0.25, 0.3) is 21.6 Å². The van der Waals surface area contributed by atoms with Crippen LogP contribution in [0.2, 0.25) is 0 Å². The van der Waals surface area contributed by atoms with Gasteiger partial charge in [-0.05, 0) is 24.6 Å². The van der Waals surface area contributed by atoms with Gasteiger partial charge in [-0.1, -0.05) is 0 Å². The number of aliphatic carboxylic acids is 1. The van der Waals surface area contributed by atoms with Gasteiger partial charge >= 0.3 is 11.9 Å². The van der Waals surface area contributed by atoms with E-state index < -0.39 is 17.5 Å². The van der Waals surface area contributed by atoms with Crippen molar-refractivity contribution in [3.05, 3.63) is 45.3 Å². The largest absolute Gasteiger partial charge is 0.481 e. The molecule has 8 nitrogen and oxygen atoms in total. The van der Waals surface area contributed by atoms with Crippen LogP contribution in [0.15, 0.2) is 29.3 Å². The summed E-state index contributed by atoms with van der Waals surface area (Å²) < 4.78 is 1.27. The van der Waals surface area contributed by atoms with E-state index in [1.54, 1.807) is 19.1 Å². The zero-order chi connectivity index (χ0) is 18.1. The van der Waals surface area contributed by atoms with Crippen LogP contribution in [0, 0.1) is 6.92 Å². The number of thiophene rings is 1. The minimum Gasteiger partial charge on any atom is -0.481 e. The van der Waals surface area contributed by atoms with E-state index in [2.05, 4.69) is 9.97 Å². The summed E-state index contributed by atoms with van der Waals surface area (Å²) in [5.74, 6) is -1.87. The Labute approximate surface area is 145 Å². The van der Waals surface area contributed by atoms with Gasteiger partial charge in [0.2, 0.25) is 0 Å². The highest BCUT2D eigenvalue weighted by Gasteiger charge is 2.21. The lowest BCUT2D eigenvalue weighted by Gasteiger charge is -2.11. The summed E-state index contributed by atoms with van der Waals surface area (Å²) in [6.07, 6.45) is 2.82. The van der Waals surface area contributed by atoms with Crippen molar-refractivity contribution in [1.82, 2.24) is 14.5 Å². The van der Waals surface area contributed by atoms with Crippen molar-refractivity contribution < 1.29 is 19.8 Å². The minimum absolute atomic E-state index is 0.0521. The molecule has 0 atom stereocenters. The topological polar surface area (TPSA) is 122 Å². The van der Waals surface area contributed by atoms with Crippen LogP contribution in [0.4, 0.5) is 0 Å².